The Morgan fingerprint density at radius 3 is 2.06 bits per heavy atom. The minimum Gasteiger partial charge on any atom is -0.303 e. The van der Waals surface area contributed by atoms with E-state index >= 15 is 0 Å². The summed E-state index contributed by atoms with van der Waals surface area (Å²) in [6.45, 7) is 0. The zero-order valence-electron chi connectivity index (χ0n) is 9.86. The van der Waals surface area contributed by atoms with E-state index in [0.717, 1.165) is 25.5 Å². The van der Waals surface area contributed by atoms with Crippen molar-refractivity contribution in [2.75, 3.05) is 0 Å². The molecular weight excluding hydrogens is 218 g/mol. The number of unbranched alkanes of at least 4 members (excludes halogenated alkanes) is 8. The summed E-state index contributed by atoms with van der Waals surface area (Å²) in [6.07, 6.45) is 15.2. The molecule has 0 heterocycles. The lowest BCUT2D eigenvalue weighted by Crippen LogP contribution is -1.81. The first kappa shape index (κ1) is 15.2. The Balaban J connectivity index is 3.03. The van der Waals surface area contributed by atoms with Crippen molar-refractivity contribution in [2.45, 2.75) is 57.8 Å². The molecule has 0 radical (unpaired) electrons. The lowest BCUT2D eigenvalue weighted by Gasteiger charge is -1.99. The Morgan fingerprint density at radius 1 is 0.938 bits per heavy atom. The molecule has 0 amide bonds. The van der Waals surface area contributed by atoms with Crippen LogP contribution in [-0.4, -0.2) is 11.4 Å². The number of rotatable bonds is 11. The second-order valence-electron chi connectivity index (χ2n) is 3.82. The van der Waals surface area contributed by atoms with Gasteiger partial charge >= 0.3 is 0 Å². The summed E-state index contributed by atoms with van der Waals surface area (Å²) < 4.78 is 0. The first-order chi connectivity index (χ1) is 7.91. The number of carbonyl (C=O) groups excluding carboxylic acids is 1. The van der Waals surface area contributed by atoms with Crippen molar-refractivity contribution in [3.8, 4) is 0 Å². The topological polar surface area (TPSA) is 29.4 Å². The molecule has 0 N–H and O–H groups in total. The van der Waals surface area contributed by atoms with Gasteiger partial charge in [-0.1, -0.05) is 38.2 Å². The molecule has 0 unspecified atom stereocenters. The molecule has 0 saturated heterocycles. The number of hydrogen-bond donors (Lipinski definition) is 0. The molecule has 0 aromatic carbocycles. The lowest BCUT2D eigenvalue weighted by molar-refractivity contribution is -0.107. The minimum absolute atomic E-state index is 0.727. The van der Waals surface area contributed by atoms with Gasteiger partial charge in [-0.05, 0) is 31.5 Å². The molecule has 0 aromatic heterocycles. The van der Waals surface area contributed by atoms with E-state index in [9.17, 15) is 4.79 Å². The summed E-state index contributed by atoms with van der Waals surface area (Å²) in [5, 5.41) is 2.30. The van der Waals surface area contributed by atoms with Crippen LogP contribution in [0.15, 0.2) is 17.3 Å². The maximum absolute atomic E-state index is 10.1. The molecule has 0 aliphatic carbocycles. The first-order valence-corrected chi connectivity index (χ1v) is 6.48. The van der Waals surface area contributed by atoms with E-state index in [4.69, 9.17) is 0 Å². The molecular formula is C13H21NOS. The summed E-state index contributed by atoms with van der Waals surface area (Å²) in [6, 6.07) is 0. The third-order valence-corrected chi connectivity index (χ3v) is 2.53. The van der Waals surface area contributed by atoms with Crippen LogP contribution in [0.2, 0.25) is 0 Å². The van der Waals surface area contributed by atoms with Crippen LogP contribution >= 0.6 is 12.2 Å². The van der Waals surface area contributed by atoms with E-state index in [1.54, 1.807) is 6.20 Å². The van der Waals surface area contributed by atoms with Gasteiger partial charge in [0, 0.05) is 12.6 Å². The second kappa shape index (κ2) is 14.2. The zero-order chi connectivity index (χ0) is 11.9. The molecule has 16 heavy (non-hydrogen) atoms. The van der Waals surface area contributed by atoms with Crippen LogP contribution in [-0.2, 0) is 4.79 Å². The number of hydrogen-bond acceptors (Lipinski definition) is 3. The van der Waals surface area contributed by atoms with E-state index in [1.165, 1.54) is 38.5 Å². The van der Waals surface area contributed by atoms with Gasteiger partial charge < -0.3 is 4.79 Å². The van der Waals surface area contributed by atoms with Crippen LogP contribution in [0.1, 0.15) is 57.8 Å². The lowest BCUT2D eigenvalue weighted by atomic mass is 10.1. The molecule has 3 heteroatoms. The van der Waals surface area contributed by atoms with E-state index < -0.39 is 0 Å². The highest BCUT2D eigenvalue weighted by Gasteiger charge is 1.90. The highest BCUT2D eigenvalue weighted by molar-refractivity contribution is 7.78. The quantitative estimate of drug-likeness (QED) is 0.233. The van der Waals surface area contributed by atoms with Crippen molar-refractivity contribution in [1.29, 1.82) is 0 Å². The predicted octanol–water partition coefficient (Wildman–Crippen LogP) is 4.31. The van der Waals surface area contributed by atoms with Crippen LogP contribution < -0.4 is 0 Å². The van der Waals surface area contributed by atoms with Crippen LogP contribution in [0.5, 0.6) is 0 Å². The fourth-order valence-electron chi connectivity index (χ4n) is 1.53. The Bertz CT molecular complexity index is 232. The maximum atomic E-state index is 10.1. The normalized spacial score (nSPS) is 10.2. The third-order valence-electron chi connectivity index (χ3n) is 2.43. The van der Waals surface area contributed by atoms with Gasteiger partial charge in [-0.3, -0.25) is 0 Å². The fourth-order valence-corrected chi connectivity index (χ4v) is 1.59. The molecule has 90 valence electrons. The molecule has 2 nitrogen and oxygen atoms in total. The monoisotopic (exact) mass is 239 g/mol. The summed E-state index contributed by atoms with van der Waals surface area (Å²) in [5.74, 6) is 0. The van der Waals surface area contributed by atoms with Gasteiger partial charge in [-0.15, -0.1) is 0 Å². The fraction of sp³-hybridized carbons (Fsp3) is 0.692. The van der Waals surface area contributed by atoms with Gasteiger partial charge in [-0.2, -0.15) is 0 Å². The Morgan fingerprint density at radius 2 is 1.50 bits per heavy atom. The van der Waals surface area contributed by atoms with Gasteiger partial charge in [0.15, 0.2) is 0 Å². The third kappa shape index (κ3) is 13.2. The van der Waals surface area contributed by atoms with Crippen molar-refractivity contribution in [1.82, 2.24) is 0 Å². The van der Waals surface area contributed by atoms with Gasteiger partial charge in [0.25, 0.3) is 0 Å². The highest BCUT2D eigenvalue weighted by Crippen LogP contribution is 2.09. The largest absolute Gasteiger partial charge is 0.303 e. The molecule has 0 spiro atoms. The molecule has 0 aliphatic rings. The Labute approximate surface area is 104 Å². The SMILES string of the molecule is O=CCCCCCCCCCC=CN=C=S. The number of aldehydes is 1. The Hall–Kier alpha value is -0.790. The van der Waals surface area contributed by atoms with E-state index in [1.807, 2.05) is 6.08 Å². The number of allylic oxidation sites excluding steroid dienone is 1. The van der Waals surface area contributed by atoms with Crippen molar-refractivity contribution < 1.29 is 4.79 Å². The number of isothiocyanates is 1. The van der Waals surface area contributed by atoms with Crippen molar-refractivity contribution in [3.63, 3.8) is 0 Å². The summed E-state index contributed by atoms with van der Waals surface area (Å²) >= 11 is 4.44. The van der Waals surface area contributed by atoms with Crippen molar-refractivity contribution in [3.05, 3.63) is 12.3 Å². The van der Waals surface area contributed by atoms with Crippen LogP contribution in [0.3, 0.4) is 0 Å². The van der Waals surface area contributed by atoms with Crippen molar-refractivity contribution in [2.24, 2.45) is 4.99 Å². The van der Waals surface area contributed by atoms with Crippen molar-refractivity contribution >= 4 is 23.7 Å². The first-order valence-electron chi connectivity index (χ1n) is 6.07. The van der Waals surface area contributed by atoms with Crippen LogP contribution in [0.4, 0.5) is 0 Å². The standard InChI is InChI=1S/C13H21NOS/c15-12-10-8-6-4-2-1-3-5-7-9-11-14-13-16/h9,11-12H,1-8,10H2. The van der Waals surface area contributed by atoms with E-state index in [2.05, 4.69) is 22.4 Å². The average molecular weight is 239 g/mol. The summed E-state index contributed by atoms with van der Waals surface area (Å²) in [7, 11) is 0. The van der Waals surface area contributed by atoms with Gasteiger partial charge in [0.2, 0.25) is 0 Å². The van der Waals surface area contributed by atoms with Gasteiger partial charge in [0.1, 0.15) is 6.29 Å². The minimum atomic E-state index is 0.727. The maximum Gasteiger partial charge on any atom is 0.119 e. The van der Waals surface area contributed by atoms with E-state index in [0.29, 0.717) is 0 Å². The number of carbonyl (C=O) groups is 1. The highest BCUT2D eigenvalue weighted by atomic mass is 32.1. The number of thiocarbonyl (C=S) groups is 1. The molecule has 0 aliphatic heterocycles. The Kier molecular flexibility index (Phi) is 13.5. The summed E-state index contributed by atoms with van der Waals surface area (Å²) in [4.78, 5) is 13.8. The molecule has 0 atom stereocenters. The summed E-state index contributed by atoms with van der Waals surface area (Å²) in [5.41, 5.74) is 0. The second-order valence-corrected chi connectivity index (χ2v) is 4.01. The molecule has 0 bridgehead atoms. The zero-order valence-corrected chi connectivity index (χ0v) is 10.7. The smallest absolute Gasteiger partial charge is 0.119 e. The van der Waals surface area contributed by atoms with Gasteiger partial charge in [0.05, 0.1) is 5.16 Å². The molecule has 0 saturated carbocycles. The van der Waals surface area contributed by atoms with E-state index in [-0.39, 0.29) is 0 Å². The van der Waals surface area contributed by atoms with Crippen LogP contribution in [0.25, 0.3) is 0 Å². The number of nitrogens with zero attached hydrogens (tertiary/aromatic N) is 1. The molecule has 0 aromatic rings. The van der Waals surface area contributed by atoms with Gasteiger partial charge in [-0.25, -0.2) is 4.99 Å². The predicted molar refractivity (Wildman–Crippen MR) is 71.8 cm³/mol. The van der Waals surface area contributed by atoms with Crippen LogP contribution in [0, 0.1) is 0 Å². The number of aliphatic imine (C=N–C) groups is 1. The molecule has 0 fully saturated rings. The average Bonchev–Trinajstić information content (AvgIpc) is 2.31. The molecule has 0 rings (SSSR count).